The molecule has 2 unspecified atom stereocenters. The van der Waals surface area contributed by atoms with Crippen LogP contribution in [0.5, 0.6) is 0 Å². The van der Waals surface area contributed by atoms with Crippen molar-refractivity contribution in [2.24, 2.45) is 5.92 Å². The van der Waals surface area contributed by atoms with Gasteiger partial charge in [-0.1, -0.05) is 19.4 Å². The van der Waals surface area contributed by atoms with Crippen LogP contribution in [0.25, 0.3) is 26.9 Å². The second kappa shape index (κ2) is 11.5. The van der Waals surface area contributed by atoms with Gasteiger partial charge in [-0.3, -0.25) is 14.7 Å². The number of hydrogen-bond donors (Lipinski definition) is 2. The van der Waals surface area contributed by atoms with Crippen molar-refractivity contribution in [2.45, 2.75) is 69.7 Å². The highest BCUT2D eigenvalue weighted by Crippen LogP contribution is 2.51. The molecule has 3 aliphatic rings. The summed E-state index contributed by atoms with van der Waals surface area (Å²) in [6.45, 7) is 7.28. The Labute approximate surface area is 233 Å². The molecule has 38 heavy (non-hydrogen) atoms. The number of amides is 1. The number of pyridine rings is 1. The minimum atomic E-state index is 0.0939. The van der Waals surface area contributed by atoms with Gasteiger partial charge in [0.05, 0.1) is 15.2 Å². The van der Waals surface area contributed by atoms with Gasteiger partial charge in [0.1, 0.15) is 5.01 Å². The van der Waals surface area contributed by atoms with E-state index in [4.69, 9.17) is 4.98 Å². The summed E-state index contributed by atoms with van der Waals surface area (Å²) in [4.78, 5) is 25.0. The third-order valence-corrected chi connectivity index (χ3v) is 10.8. The number of likely N-dealkylation sites (tertiary alicyclic amines) is 1. The molecule has 2 aromatic heterocycles. The van der Waals surface area contributed by atoms with E-state index in [-0.39, 0.29) is 5.91 Å². The van der Waals surface area contributed by atoms with Gasteiger partial charge in [-0.15, -0.1) is 23.1 Å². The number of hydrogen-bond acceptors (Lipinski definition) is 7. The highest BCUT2D eigenvalue weighted by atomic mass is 32.2. The predicted octanol–water partition coefficient (Wildman–Crippen LogP) is 5.91. The number of carbonyl (C=O) groups excluding carboxylic acids is 1. The van der Waals surface area contributed by atoms with Crippen LogP contribution in [0.4, 0.5) is 0 Å². The average molecular weight is 548 g/mol. The molecule has 8 heteroatoms. The number of rotatable bonds is 9. The van der Waals surface area contributed by atoms with Crippen LogP contribution in [0.15, 0.2) is 47.8 Å². The zero-order valence-electron chi connectivity index (χ0n) is 22.3. The molecule has 0 spiro atoms. The van der Waals surface area contributed by atoms with E-state index in [9.17, 15) is 4.79 Å². The molecule has 4 heterocycles. The molecule has 1 saturated carbocycles. The maximum atomic E-state index is 13.0. The topological polar surface area (TPSA) is 70.1 Å². The highest BCUT2D eigenvalue weighted by Gasteiger charge is 2.43. The van der Waals surface area contributed by atoms with Gasteiger partial charge < -0.3 is 10.6 Å². The van der Waals surface area contributed by atoms with E-state index in [1.807, 2.05) is 36.3 Å². The molecule has 3 aromatic rings. The number of allylic oxidation sites excluding steroid dienone is 1. The van der Waals surface area contributed by atoms with Gasteiger partial charge in [0.15, 0.2) is 0 Å². The van der Waals surface area contributed by atoms with Crippen molar-refractivity contribution in [2.75, 3.05) is 19.6 Å². The number of carbonyl (C=O) groups is 1. The highest BCUT2D eigenvalue weighted by molar-refractivity contribution is 8.04. The van der Waals surface area contributed by atoms with E-state index in [1.54, 1.807) is 11.3 Å². The summed E-state index contributed by atoms with van der Waals surface area (Å²) >= 11 is 3.64. The first-order valence-corrected chi connectivity index (χ1v) is 15.8. The van der Waals surface area contributed by atoms with Crippen molar-refractivity contribution < 1.29 is 4.79 Å². The molecule has 6 nitrogen and oxygen atoms in total. The molecular weight excluding hydrogens is 510 g/mol. The minimum absolute atomic E-state index is 0.0939. The molecule has 0 bridgehead atoms. The van der Waals surface area contributed by atoms with Crippen LogP contribution in [-0.2, 0) is 4.79 Å². The Morgan fingerprint density at radius 3 is 2.76 bits per heavy atom. The molecule has 2 aliphatic heterocycles. The number of fused-ring (bicyclic) bond motifs is 2. The Morgan fingerprint density at radius 2 is 2.00 bits per heavy atom. The molecule has 6 rings (SSSR count). The first-order valence-electron chi connectivity index (χ1n) is 14.1. The number of benzene rings is 1. The Bertz CT molecular complexity index is 1320. The third-order valence-electron chi connectivity index (χ3n) is 8.41. The summed E-state index contributed by atoms with van der Waals surface area (Å²) in [6.07, 6.45) is 10.4. The molecule has 1 saturated heterocycles. The molecule has 0 radical (unpaired) electrons. The lowest BCUT2D eigenvalue weighted by atomic mass is 9.85. The summed E-state index contributed by atoms with van der Waals surface area (Å²) in [7, 11) is 0. The van der Waals surface area contributed by atoms with Crippen LogP contribution >= 0.6 is 23.1 Å². The van der Waals surface area contributed by atoms with Crippen molar-refractivity contribution in [3.05, 3.63) is 52.8 Å². The number of thiazole rings is 1. The summed E-state index contributed by atoms with van der Waals surface area (Å²) in [6, 6.07) is 11.8. The number of nitrogens with one attached hydrogen (secondary N) is 2. The Kier molecular flexibility index (Phi) is 7.84. The fraction of sp³-hybridized carbons (Fsp3) is 0.500. The van der Waals surface area contributed by atoms with Gasteiger partial charge in [0.25, 0.3) is 0 Å². The predicted molar refractivity (Wildman–Crippen MR) is 159 cm³/mol. The quantitative estimate of drug-likeness (QED) is 0.347. The van der Waals surface area contributed by atoms with Crippen LogP contribution in [0.1, 0.15) is 57.4 Å². The average Bonchev–Trinajstić information content (AvgIpc) is 3.47. The monoisotopic (exact) mass is 547 g/mol. The van der Waals surface area contributed by atoms with Crippen molar-refractivity contribution in [3.8, 4) is 11.1 Å². The number of aromatic nitrogens is 2. The molecule has 2 N–H and O–H groups in total. The Balaban J connectivity index is 1.27. The van der Waals surface area contributed by atoms with Gasteiger partial charge in [0, 0.05) is 60.7 Å². The van der Waals surface area contributed by atoms with Crippen LogP contribution < -0.4 is 10.6 Å². The van der Waals surface area contributed by atoms with Crippen molar-refractivity contribution in [3.63, 3.8) is 0 Å². The SMILES string of the molecule is CCC(C)NCCC(=O)NC1=C(c2nc3cc(-c4ccncc4)ccc3s2)C2CCN(C3CCC3)C[C@H]2S1. The smallest absolute Gasteiger partial charge is 0.226 e. The fourth-order valence-corrected chi connectivity index (χ4v) is 8.42. The summed E-state index contributed by atoms with van der Waals surface area (Å²) in [5.74, 6) is 0.529. The largest absolute Gasteiger partial charge is 0.320 e. The number of nitrogens with zero attached hydrogens (tertiary/aromatic N) is 3. The maximum absolute atomic E-state index is 13.0. The van der Waals surface area contributed by atoms with Crippen molar-refractivity contribution in [1.82, 2.24) is 25.5 Å². The maximum Gasteiger partial charge on any atom is 0.226 e. The van der Waals surface area contributed by atoms with Crippen LogP contribution in [0.2, 0.25) is 0 Å². The van der Waals surface area contributed by atoms with E-state index in [2.05, 4.69) is 52.6 Å². The summed E-state index contributed by atoms with van der Waals surface area (Å²) < 4.78 is 1.19. The molecule has 3 atom stereocenters. The Hall–Kier alpha value is -2.26. The van der Waals surface area contributed by atoms with Crippen molar-refractivity contribution in [1.29, 1.82) is 0 Å². The lowest BCUT2D eigenvalue weighted by Crippen LogP contribution is -2.49. The third kappa shape index (κ3) is 5.41. The molecular formula is C30H37N5OS2. The lowest BCUT2D eigenvalue weighted by Gasteiger charge is -2.43. The van der Waals surface area contributed by atoms with Crippen LogP contribution in [0.3, 0.4) is 0 Å². The van der Waals surface area contributed by atoms with Gasteiger partial charge >= 0.3 is 0 Å². The van der Waals surface area contributed by atoms with Crippen LogP contribution in [0, 0.1) is 5.92 Å². The molecule has 2 fully saturated rings. The second-order valence-corrected chi connectivity index (χ2v) is 13.2. The number of piperidine rings is 1. The normalized spacial score (nSPS) is 22.9. The van der Waals surface area contributed by atoms with Crippen molar-refractivity contribution >= 4 is 44.8 Å². The fourth-order valence-electron chi connectivity index (χ4n) is 5.74. The van der Waals surface area contributed by atoms with E-state index in [0.717, 1.165) is 58.7 Å². The van der Waals surface area contributed by atoms with E-state index < -0.39 is 0 Å². The lowest BCUT2D eigenvalue weighted by molar-refractivity contribution is -0.120. The van der Waals surface area contributed by atoms with Gasteiger partial charge in [-0.25, -0.2) is 4.98 Å². The Morgan fingerprint density at radius 1 is 1.16 bits per heavy atom. The van der Waals surface area contributed by atoms with E-state index in [1.165, 1.54) is 29.5 Å². The van der Waals surface area contributed by atoms with E-state index >= 15 is 0 Å². The molecule has 1 aromatic carbocycles. The first kappa shape index (κ1) is 26.0. The summed E-state index contributed by atoms with van der Waals surface area (Å²) in [5.41, 5.74) is 4.59. The standard InChI is InChI=1S/C30H37N5OS2/c1-3-19(2)32-15-11-27(36)34-30-28(23-12-16-35(18-26(23)38-30)22-5-4-6-22)29-33-24-17-21(7-8-25(24)37-29)20-9-13-31-14-10-20/h7-10,13-14,17,19,22-23,26,32H,3-6,11-12,15-16,18H2,1-2H3,(H,34,36)/t19?,23?,26-/m1/s1. The van der Waals surface area contributed by atoms with Crippen LogP contribution in [-0.4, -0.2) is 57.7 Å². The minimum Gasteiger partial charge on any atom is -0.320 e. The molecule has 1 amide bonds. The molecule has 1 aliphatic carbocycles. The zero-order chi connectivity index (χ0) is 26.1. The number of thioether (sulfide) groups is 1. The van der Waals surface area contributed by atoms with Gasteiger partial charge in [-0.05, 0) is 74.5 Å². The molecule has 200 valence electrons. The van der Waals surface area contributed by atoms with Gasteiger partial charge in [-0.2, -0.15) is 0 Å². The van der Waals surface area contributed by atoms with Gasteiger partial charge in [0.2, 0.25) is 5.91 Å². The summed E-state index contributed by atoms with van der Waals surface area (Å²) in [5, 5.41) is 9.36. The van der Waals surface area contributed by atoms with E-state index in [0.29, 0.717) is 30.2 Å². The second-order valence-electron chi connectivity index (χ2n) is 10.9. The zero-order valence-corrected chi connectivity index (χ0v) is 23.9. The first-order chi connectivity index (χ1) is 18.6.